The van der Waals surface area contributed by atoms with E-state index < -0.39 is 6.10 Å². The SMILES string of the molecule is CC(C)(C)C(OC(=O)C1CCNCC1)c1cnco1. The molecule has 0 bridgehead atoms. The fraction of sp³-hybridized carbons (Fsp3) is 0.714. The largest absolute Gasteiger partial charge is 0.453 e. The topological polar surface area (TPSA) is 64.4 Å². The zero-order valence-electron chi connectivity index (χ0n) is 11.8. The first kappa shape index (κ1) is 14.1. The standard InChI is InChI=1S/C14H22N2O3/c1-14(2,3)12(11-8-16-9-18-11)19-13(17)10-4-6-15-7-5-10/h8-10,12,15H,4-7H2,1-3H3. The molecule has 1 aromatic heterocycles. The van der Waals surface area contributed by atoms with Crippen LogP contribution in [0, 0.1) is 11.3 Å². The van der Waals surface area contributed by atoms with Gasteiger partial charge in [-0.1, -0.05) is 20.8 Å². The minimum Gasteiger partial charge on any atom is -0.453 e. The van der Waals surface area contributed by atoms with Crippen LogP contribution in [0.15, 0.2) is 17.0 Å². The first-order valence-electron chi connectivity index (χ1n) is 6.78. The van der Waals surface area contributed by atoms with E-state index in [0.717, 1.165) is 25.9 Å². The molecule has 1 saturated heterocycles. The summed E-state index contributed by atoms with van der Waals surface area (Å²) in [6, 6.07) is 0. The van der Waals surface area contributed by atoms with Gasteiger partial charge in [0.15, 0.2) is 18.3 Å². The van der Waals surface area contributed by atoms with Crippen molar-refractivity contribution < 1.29 is 13.9 Å². The molecule has 106 valence electrons. The van der Waals surface area contributed by atoms with Crippen LogP contribution < -0.4 is 5.32 Å². The van der Waals surface area contributed by atoms with E-state index in [9.17, 15) is 4.79 Å². The Kier molecular flexibility index (Phi) is 4.24. The van der Waals surface area contributed by atoms with Crippen LogP contribution in [0.5, 0.6) is 0 Å². The Balaban J connectivity index is 2.06. The van der Waals surface area contributed by atoms with Crippen LogP contribution in [0.2, 0.25) is 0 Å². The molecule has 1 unspecified atom stereocenters. The summed E-state index contributed by atoms with van der Waals surface area (Å²) in [7, 11) is 0. The van der Waals surface area contributed by atoms with Crippen LogP contribution in [0.1, 0.15) is 45.5 Å². The molecule has 2 heterocycles. The van der Waals surface area contributed by atoms with Crippen LogP contribution >= 0.6 is 0 Å². The molecule has 0 spiro atoms. The van der Waals surface area contributed by atoms with E-state index in [1.807, 2.05) is 20.8 Å². The highest BCUT2D eigenvalue weighted by Crippen LogP contribution is 2.37. The molecule has 1 aliphatic rings. The molecule has 1 atom stereocenters. The monoisotopic (exact) mass is 266 g/mol. The molecule has 5 nitrogen and oxygen atoms in total. The summed E-state index contributed by atoms with van der Waals surface area (Å²) >= 11 is 0. The van der Waals surface area contributed by atoms with E-state index in [1.165, 1.54) is 6.39 Å². The number of aromatic nitrogens is 1. The van der Waals surface area contributed by atoms with E-state index >= 15 is 0 Å². The van der Waals surface area contributed by atoms with Crippen molar-refractivity contribution in [1.82, 2.24) is 10.3 Å². The van der Waals surface area contributed by atoms with Gasteiger partial charge in [-0.3, -0.25) is 4.79 Å². The van der Waals surface area contributed by atoms with Gasteiger partial charge in [0, 0.05) is 5.41 Å². The summed E-state index contributed by atoms with van der Waals surface area (Å²) < 4.78 is 11.0. The Bertz CT molecular complexity index is 403. The van der Waals surface area contributed by atoms with Crippen molar-refractivity contribution in [2.24, 2.45) is 11.3 Å². The number of carbonyl (C=O) groups is 1. The zero-order chi connectivity index (χ0) is 13.9. The second-order valence-electron chi connectivity index (χ2n) is 6.11. The van der Waals surface area contributed by atoms with E-state index in [1.54, 1.807) is 6.20 Å². The van der Waals surface area contributed by atoms with Crippen molar-refractivity contribution in [3.05, 3.63) is 18.4 Å². The molecule has 0 saturated carbocycles. The Morgan fingerprint density at radius 3 is 2.68 bits per heavy atom. The fourth-order valence-electron chi connectivity index (χ4n) is 2.29. The Morgan fingerprint density at radius 1 is 1.47 bits per heavy atom. The minimum atomic E-state index is -0.391. The number of nitrogens with one attached hydrogen (secondary N) is 1. The molecule has 5 heteroatoms. The summed E-state index contributed by atoms with van der Waals surface area (Å²) in [5, 5.41) is 3.24. The number of ether oxygens (including phenoxy) is 1. The quantitative estimate of drug-likeness (QED) is 0.850. The lowest BCUT2D eigenvalue weighted by atomic mass is 9.87. The average Bonchev–Trinajstić information content (AvgIpc) is 2.88. The predicted molar refractivity (Wildman–Crippen MR) is 70.4 cm³/mol. The van der Waals surface area contributed by atoms with Crippen LogP contribution in [0.25, 0.3) is 0 Å². The van der Waals surface area contributed by atoms with Gasteiger partial charge in [-0.2, -0.15) is 0 Å². The van der Waals surface area contributed by atoms with Gasteiger partial charge in [0.2, 0.25) is 0 Å². The molecule has 1 aliphatic heterocycles. The number of hydrogen-bond acceptors (Lipinski definition) is 5. The van der Waals surface area contributed by atoms with Gasteiger partial charge in [-0.15, -0.1) is 0 Å². The van der Waals surface area contributed by atoms with Gasteiger partial charge in [0.25, 0.3) is 0 Å². The molecule has 0 amide bonds. The van der Waals surface area contributed by atoms with E-state index in [2.05, 4.69) is 10.3 Å². The van der Waals surface area contributed by atoms with Crippen LogP contribution in [-0.4, -0.2) is 24.0 Å². The summed E-state index contributed by atoms with van der Waals surface area (Å²) in [6.45, 7) is 7.83. The Hall–Kier alpha value is -1.36. The van der Waals surface area contributed by atoms with Crippen molar-refractivity contribution >= 4 is 5.97 Å². The highest BCUT2D eigenvalue weighted by Gasteiger charge is 2.35. The number of esters is 1. The molecule has 2 rings (SSSR count). The van der Waals surface area contributed by atoms with Gasteiger partial charge in [0.05, 0.1) is 12.1 Å². The number of nitrogens with zero attached hydrogens (tertiary/aromatic N) is 1. The van der Waals surface area contributed by atoms with Gasteiger partial charge in [-0.05, 0) is 25.9 Å². The van der Waals surface area contributed by atoms with E-state index in [0.29, 0.717) is 5.76 Å². The number of carbonyl (C=O) groups excluding carboxylic acids is 1. The lowest BCUT2D eigenvalue weighted by molar-refractivity contribution is -0.162. The van der Waals surface area contributed by atoms with E-state index in [4.69, 9.17) is 9.15 Å². The van der Waals surface area contributed by atoms with Crippen molar-refractivity contribution in [2.45, 2.75) is 39.7 Å². The minimum absolute atomic E-state index is 0.00554. The number of rotatable bonds is 3. The van der Waals surface area contributed by atoms with Crippen molar-refractivity contribution in [2.75, 3.05) is 13.1 Å². The van der Waals surface area contributed by atoms with E-state index in [-0.39, 0.29) is 17.3 Å². The molecule has 1 fully saturated rings. The predicted octanol–water partition coefficient (Wildman–Crippen LogP) is 2.30. The van der Waals surface area contributed by atoms with Gasteiger partial charge >= 0.3 is 5.97 Å². The summed E-state index contributed by atoms with van der Waals surface area (Å²) in [6.07, 6.45) is 4.27. The maximum absolute atomic E-state index is 12.2. The third-order valence-electron chi connectivity index (χ3n) is 3.40. The fourth-order valence-corrected chi connectivity index (χ4v) is 2.29. The first-order chi connectivity index (χ1) is 8.98. The first-order valence-corrected chi connectivity index (χ1v) is 6.78. The van der Waals surface area contributed by atoms with Crippen molar-refractivity contribution in [3.8, 4) is 0 Å². The number of piperidine rings is 1. The molecule has 1 aromatic rings. The average molecular weight is 266 g/mol. The maximum Gasteiger partial charge on any atom is 0.309 e. The molecule has 0 aliphatic carbocycles. The lowest BCUT2D eigenvalue weighted by Crippen LogP contribution is -2.34. The Morgan fingerprint density at radius 2 is 2.16 bits per heavy atom. The van der Waals surface area contributed by atoms with Gasteiger partial charge in [-0.25, -0.2) is 4.98 Å². The second kappa shape index (κ2) is 5.74. The maximum atomic E-state index is 12.2. The molecule has 0 radical (unpaired) electrons. The summed E-state index contributed by atoms with van der Waals surface area (Å²) in [5.41, 5.74) is -0.220. The molecule has 1 N–H and O–H groups in total. The molecular weight excluding hydrogens is 244 g/mol. The number of hydrogen-bond donors (Lipinski definition) is 1. The normalized spacial score (nSPS) is 19.1. The molecular formula is C14H22N2O3. The van der Waals surface area contributed by atoms with Crippen LogP contribution in [0.3, 0.4) is 0 Å². The number of oxazole rings is 1. The van der Waals surface area contributed by atoms with Crippen molar-refractivity contribution in [3.63, 3.8) is 0 Å². The van der Waals surface area contributed by atoms with Gasteiger partial charge < -0.3 is 14.5 Å². The van der Waals surface area contributed by atoms with Crippen LogP contribution in [-0.2, 0) is 9.53 Å². The lowest BCUT2D eigenvalue weighted by Gasteiger charge is -2.30. The third-order valence-corrected chi connectivity index (χ3v) is 3.40. The summed E-state index contributed by atoms with van der Waals surface area (Å²) in [5.74, 6) is 0.474. The Labute approximate surface area is 113 Å². The highest BCUT2D eigenvalue weighted by atomic mass is 16.6. The van der Waals surface area contributed by atoms with Crippen molar-refractivity contribution in [1.29, 1.82) is 0 Å². The van der Waals surface area contributed by atoms with Crippen LogP contribution in [0.4, 0.5) is 0 Å². The smallest absolute Gasteiger partial charge is 0.309 e. The van der Waals surface area contributed by atoms with Gasteiger partial charge in [0.1, 0.15) is 0 Å². The molecule has 0 aromatic carbocycles. The zero-order valence-corrected chi connectivity index (χ0v) is 11.8. The second-order valence-corrected chi connectivity index (χ2v) is 6.11. The third kappa shape index (κ3) is 3.56. The summed E-state index contributed by atoms with van der Waals surface area (Å²) in [4.78, 5) is 16.1. The highest BCUT2D eigenvalue weighted by molar-refractivity contribution is 5.72. The molecule has 19 heavy (non-hydrogen) atoms.